The Bertz CT molecular complexity index is 1000. The van der Waals surface area contributed by atoms with Gasteiger partial charge in [0.25, 0.3) is 0 Å². The normalized spacial score (nSPS) is 14.5. The Morgan fingerprint density at radius 3 is 2.96 bits per heavy atom. The van der Waals surface area contributed by atoms with E-state index in [-0.39, 0.29) is 0 Å². The standard InChI is InChI=1S/C20H19N5S/c1-2-9-21-19(7-1)25-10-3-5-15(25)13-24-11-8-17-16(14-24)20(23-22-17)18-6-4-12-26-18/h1-7,9-10,12H,8,11,13-14H2,(H,22,23). The van der Waals surface area contributed by atoms with E-state index in [1.165, 1.54) is 21.8 Å². The summed E-state index contributed by atoms with van der Waals surface area (Å²) in [5, 5.41) is 9.93. The lowest BCUT2D eigenvalue weighted by Crippen LogP contribution is -2.30. The quantitative estimate of drug-likeness (QED) is 0.600. The monoisotopic (exact) mass is 361 g/mol. The molecule has 0 spiro atoms. The van der Waals surface area contributed by atoms with Crippen LogP contribution in [-0.4, -0.2) is 31.2 Å². The number of hydrogen-bond donors (Lipinski definition) is 1. The number of aromatic amines is 1. The second kappa shape index (κ2) is 6.55. The van der Waals surface area contributed by atoms with Crippen LogP contribution in [0.4, 0.5) is 0 Å². The Morgan fingerprint density at radius 1 is 1.12 bits per heavy atom. The fourth-order valence-electron chi connectivity index (χ4n) is 3.60. The maximum Gasteiger partial charge on any atom is 0.136 e. The van der Waals surface area contributed by atoms with Crippen molar-refractivity contribution in [1.29, 1.82) is 0 Å². The number of fused-ring (bicyclic) bond motifs is 1. The van der Waals surface area contributed by atoms with Crippen molar-refractivity contribution in [3.05, 3.63) is 77.2 Å². The molecule has 1 aliphatic rings. The summed E-state index contributed by atoms with van der Waals surface area (Å²) in [6, 6.07) is 14.5. The van der Waals surface area contributed by atoms with Crippen LogP contribution in [0.5, 0.6) is 0 Å². The molecule has 1 N–H and O–H groups in total. The van der Waals surface area contributed by atoms with E-state index >= 15 is 0 Å². The highest BCUT2D eigenvalue weighted by molar-refractivity contribution is 7.13. The molecule has 0 atom stereocenters. The molecular weight excluding hydrogens is 342 g/mol. The summed E-state index contributed by atoms with van der Waals surface area (Å²) < 4.78 is 2.17. The predicted molar refractivity (Wildman–Crippen MR) is 103 cm³/mol. The molecule has 0 bridgehead atoms. The van der Waals surface area contributed by atoms with E-state index in [9.17, 15) is 0 Å². The van der Waals surface area contributed by atoms with Crippen molar-refractivity contribution in [3.63, 3.8) is 0 Å². The Morgan fingerprint density at radius 2 is 2.12 bits per heavy atom. The van der Waals surface area contributed by atoms with Crippen molar-refractivity contribution in [2.45, 2.75) is 19.5 Å². The highest BCUT2D eigenvalue weighted by atomic mass is 32.1. The zero-order valence-corrected chi connectivity index (χ0v) is 15.1. The van der Waals surface area contributed by atoms with Gasteiger partial charge in [-0.3, -0.25) is 10.00 Å². The van der Waals surface area contributed by atoms with Gasteiger partial charge in [-0.05, 0) is 35.7 Å². The van der Waals surface area contributed by atoms with Crippen molar-refractivity contribution in [3.8, 4) is 16.4 Å². The molecule has 0 fully saturated rings. The Kier molecular flexibility index (Phi) is 3.92. The van der Waals surface area contributed by atoms with Gasteiger partial charge in [-0.1, -0.05) is 12.1 Å². The van der Waals surface area contributed by atoms with E-state index in [1.807, 2.05) is 24.4 Å². The highest BCUT2D eigenvalue weighted by Crippen LogP contribution is 2.31. The summed E-state index contributed by atoms with van der Waals surface area (Å²) in [4.78, 5) is 8.21. The largest absolute Gasteiger partial charge is 0.304 e. The molecule has 0 saturated carbocycles. The number of nitrogens with zero attached hydrogens (tertiary/aromatic N) is 4. The molecule has 130 valence electrons. The molecule has 0 radical (unpaired) electrons. The SMILES string of the molecule is c1ccc(-n2cccc2CN2CCc3[nH]nc(-c4cccs4)c3C2)nc1. The van der Waals surface area contributed by atoms with Gasteiger partial charge in [0, 0.05) is 55.4 Å². The summed E-state index contributed by atoms with van der Waals surface area (Å²) in [5.74, 6) is 0.966. The van der Waals surface area contributed by atoms with Crippen LogP contribution in [0, 0.1) is 0 Å². The molecule has 0 amide bonds. The number of thiophene rings is 1. The first-order valence-corrected chi connectivity index (χ1v) is 9.66. The lowest BCUT2D eigenvalue weighted by molar-refractivity contribution is 0.241. The summed E-state index contributed by atoms with van der Waals surface area (Å²) in [7, 11) is 0. The number of hydrogen-bond acceptors (Lipinski definition) is 4. The van der Waals surface area contributed by atoms with Crippen LogP contribution in [0.3, 0.4) is 0 Å². The van der Waals surface area contributed by atoms with Crippen molar-refractivity contribution >= 4 is 11.3 Å². The second-order valence-electron chi connectivity index (χ2n) is 6.52. The second-order valence-corrected chi connectivity index (χ2v) is 7.47. The molecule has 1 aliphatic heterocycles. The highest BCUT2D eigenvalue weighted by Gasteiger charge is 2.23. The number of pyridine rings is 1. The lowest BCUT2D eigenvalue weighted by atomic mass is 10.0. The van der Waals surface area contributed by atoms with Gasteiger partial charge >= 0.3 is 0 Å². The van der Waals surface area contributed by atoms with Gasteiger partial charge in [-0.2, -0.15) is 5.10 Å². The van der Waals surface area contributed by atoms with E-state index in [0.29, 0.717) is 0 Å². The molecule has 4 aromatic rings. The molecule has 6 heteroatoms. The zero-order chi connectivity index (χ0) is 17.3. The smallest absolute Gasteiger partial charge is 0.136 e. The minimum atomic E-state index is 0.901. The van der Waals surface area contributed by atoms with Crippen LogP contribution >= 0.6 is 11.3 Å². The minimum absolute atomic E-state index is 0.901. The Hall–Kier alpha value is -2.70. The Balaban J connectivity index is 1.40. The summed E-state index contributed by atoms with van der Waals surface area (Å²) in [6.07, 6.45) is 4.94. The van der Waals surface area contributed by atoms with E-state index in [4.69, 9.17) is 0 Å². The van der Waals surface area contributed by atoms with Crippen LogP contribution in [0.2, 0.25) is 0 Å². The molecule has 0 aromatic carbocycles. The van der Waals surface area contributed by atoms with Gasteiger partial charge in [0.05, 0.1) is 4.88 Å². The summed E-state index contributed by atoms with van der Waals surface area (Å²) in [6.45, 7) is 2.86. The number of H-pyrrole nitrogens is 1. The molecule has 0 aliphatic carbocycles. The van der Waals surface area contributed by atoms with Gasteiger partial charge in [0.15, 0.2) is 0 Å². The van der Waals surface area contributed by atoms with Gasteiger partial charge in [0.1, 0.15) is 11.5 Å². The zero-order valence-electron chi connectivity index (χ0n) is 14.3. The summed E-state index contributed by atoms with van der Waals surface area (Å²) in [5.41, 5.74) is 4.99. The molecule has 0 saturated heterocycles. The number of nitrogens with one attached hydrogen (secondary N) is 1. The molecule has 5 rings (SSSR count). The number of aromatic nitrogens is 4. The van der Waals surface area contributed by atoms with Gasteiger partial charge in [-0.25, -0.2) is 4.98 Å². The van der Waals surface area contributed by atoms with Crippen LogP contribution in [0.25, 0.3) is 16.4 Å². The van der Waals surface area contributed by atoms with Crippen LogP contribution in [0.1, 0.15) is 17.0 Å². The average Bonchev–Trinajstić information content (AvgIpc) is 3.42. The van der Waals surface area contributed by atoms with Gasteiger partial charge in [0.2, 0.25) is 0 Å². The minimum Gasteiger partial charge on any atom is -0.304 e. The third-order valence-corrected chi connectivity index (χ3v) is 5.76. The third-order valence-electron chi connectivity index (χ3n) is 4.88. The lowest BCUT2D eigenvalue weighted by Gasteiger charge is -2.27. The molecule has 26 heavy (non-hydrogen) atoms. The summed E-state index contributed by atoms with van der Waals surface area (Å²) >= 11 is 1.75. The predicted octanol–water partition coefficient (Wildman–Crippen LogP) is 3.88. The molecular formula is C20H19N5S. The maximum atomic E-state index is 4.58. The third kappa shape index (κ3) is 2.77. The first-order chi connectivity index (χ1) is 12.9. The van der Waals surface area contributed by atoms with E-state index in [0.717, 1.165) is 37.6 Å². The topological polar surface area (TPSA) is 49.7 Å². The van der Waals surface area contributed by atoms with Crippen LogP contribution in [-0.2, 0) is 19.5 Å². The van der Waals surface area contributed by atoms with Gasteiger partial charge < -0.3 is 4.57 Å². The van der Waals surface area contributed by atoms with Crippen LogP contribution < -0.4 is 0 Å². The maximum absolute atomic E-state index is 4.58. The van der Waals surface area contributed by atoms with Crippen molar-refractivity contribution in [2.24, 2.45) is 0 Å². The average molecular weight is 361 g/mol. The van der Waals surface area contributed by atoms with Crippen molar-refractivity contribution in [2.75, 3.05) is 6.54 Å². The van der Waals surface area contributed by atoms with Crippen molar-refractivity contribution < 1.29 is 0 Å². The molecule has 5 nitrogen and oxygen atoms in total. The van der Waals surface area contributed by atoms with Gasteiger partial charge in [-0.15, -0.1) is 11.3 Å². The number of rotatable bonds is 4. The van der Waals surface area contributed by atoms with E-state index in [1.54, 1.807) is 11.3 Å². The van der Waals surface area contributed by atoms with E-state index < -0.39 is 0 Å². The Labute approximate surface area is 155 Å². The van der Waals surface area contributed by atoms with Crippen molar-refractivity contribution in [1.82, 2.24) is 24.6 Å². The first-order valence-electron chi connectivity index (χ1n) is 8.78. The fraction of sp³-hybridized carbons (Fsp3) is 0.200. The fourth-order valence-corrected chi connectivity index (χ4v) is 4.34. The van der Waals surface area contributed by atoms with Crippen LogP contribution in [0.15, 0.2) is 60.2 Å². The molecule has 5 heterocycles. The first kappa shape index (κ1) is 15.5. The molecule has 4 aromatic heterocycles. The molecule has 0 unspecified atom stereocenters. The van der Waals surface area contributed by atoms with E-state index in [2.05, 4.69) is 60.5 Å².